The fraction of sp³-hybridized carbons (Fsp3) is 0.500. The molecule has 1 atom stereocenters. The molecule has 1 amide bonds. The molecule has 1 aromatic heterocycles. The van der Waals surface area contributed by atoms with E-state index in [0.717, 1.165) is 4.68 Å². The number of methoxy groups -OCH3 is 1. The summed E-state index contributed by atoms with van der Waals surface area (Å²) >= 11 is 5.97. The lowest BCUT2D eigenvalue weighted by Gasteiger charge is -2.14. The van der Waals surface area contributed by atoms with Crippen molar-refractivity contribution in [2.75, 3.05) is 26.0 Å². The van der Waals surface area contributed by atoms with Gasteiger partial charge in [0.2, 0.25) is 5.91 Å². The van der Waals surface area contributed by atoms with Crippen molar-refractivity contribution in [2.45, 2.75) is 19.0 Å². The summed E-state index contributed by atoms with van der Waals surface area (Å²) < 4.78 is 5.37. The number of carbonyl (C=O) groups is 2. The summed E-state index contributed by atoms with van der Waals surface area (Å²) in [6.45, 7) is 0.321. The highest BCUT2D eigenvalue weighted by Gasteiger charge is 2.29. The standard InChI is InChI=1S/C12H15ClN4O4/c1-16-4-3-7(11(16)19)15-8-5-14-17(6-9(18)21-2)12(20)10(8)13/h5,7,15H,3-4,6H2,1-2H3. The molecule has 1 aliphatic rings. The van der Waals surface area contributed by atoms with E-state index < -0.39 is 17.6 Å². The number of likely N-dealkylation sites (tertiary alicyclic amines) is 1. The smallest absolute Gasteiger partial charge is 0.327 e. The molecule has 1 aromatic rings. The molecular formula is C12H15ClN4O4. The Morgan fingerprint density at radius 1 is 1.57 bits per heavy atom. The van der Waals surface area contributed by atoms with Gasteiger partial charge in [0, 0.05) is 13.6 Å². The van der Waals surface area contributed by atoms with Gasteiger partial charge in [-0.25, -0.2) is 4.68 Å². The summed E-state index contributed by atoms with van der Waals surface area (Å²) in [6, 6.07) is -0.426. The molecule has 9 heteroatoms. The Bertz CT molecular complexity index is 630. The number of amides is 1. The van der Waals surface area contributed by atoms with E-state index in [-0.39, 0.29) is 23.2 Å². The number of nitrogens with one attached hydrogen (secondary N) is 1. The van der Waals surface area contributed by atoms with E-state index >= 15 is 0 Å². The quantitative estimate of drug-likeness (QED) is 0.768. The second-order valence-electron chi connectivity index (χ2n) is 4.66. The molecule has 1 unspecified atom stereocenters. The molecule has 1 fully saturated rings. The maximum atomic E-state index is 12.0. The molecule has 1 saturated heterocycles. The van der Waals surface area contributed by atoms with E-state index in [9.17, 15) is 14.4 Å². The Hall–Kier alpha value is -2.09. The van der Waals surface area contributed by atoms with E-state index in [1.54, 1.807) is 11.9 Å². The van der Waals surface area contributed by atoms with Crippen molar-refractivity contribution in [3.8, 4) is 0 Å². The molecule has 8 nitrogen and oxygen atoms in total. The Labute approximate surface area is 125 Å². The van der Waals surface area contributed by atoms with Crippen molar-refractivity contribution in [2.24, 2.45) is 0 Å². The number of esters is 1. The minimum absolute atomic E-state index is 0.0650. The predicted octanol–water partition coefficient (Wildman–Crippen LogP) is -0.288. The summed E-state index contributed by atoms with van der Waals surface area (Å²) in [7, 11) is 2.92. The van der Waals surface area contributed by atoms with Crippen molar-refractivity contribution < 1.29 is 14.3 Å². The van der Waals surface area contributed by atoms with Gasteiger partial charge in [-0.15, -0.1) is 0 Å². The first-order valence-corrected chi connectivity index (χ1v) is 6.65. The average Bonchev–Trinajstić information content (AvgIpc) is 2.78. The monoisotopic (exact) mass is 314 g/mol. The van der Waals surface area contributed by atoms with Crippen LogP contribution in [0.3, 0.4) is 0 Å². The lowest BCUT2D eigenvalue weighted by Crippen LogP contribution is -2.33. The number of hydrogen-bond acceptors (Lipinski definition) is 6. The van der Waals surface area contributed by atoms with Crippen molar-refractivity contribution in [1.82, 2.24) is 14.7 Å². The van der Waals surface area contributed by atoms with E-state index in [1.807, 2.05) is 0 Å². The maximum absolute atomic E-state index is 12.0. The molecular weight excluding hydrogens is 300 g/mol. The van der Waals surface area contributed by atoms with Crippen LogP contribution in [0.4, 0.5) is 5.69 Å². The number of ether oxygens (including phenoxy) is 1. The van der Waals surface area contributed by atoms with Crippen LogP contribution in [0.1, 0.15) is 6.42 Å². The first-order valence-electron chi connectivity index (χ1n) is 6.28. The van der Waals surface area contributed by atoms with Crippen LogP contribution in [-0.2, 0) is 20.9 Å². The number of rotatable bonds is 4. The van der Waals surface area contributed by atoms with Crippen LogP contribution >= 0.6 is 11.6 Å². The zero-order valence-electron chi connectivity index (χ0n) is 11.6. The van der Waals surface area contributed by atoms with Crippen LogP contribution in [0.25, 0.3) is 0 Å². The number of carbonyl (C=O) groups excluding carboxylic acids is 2. The summed E-state index contributed by atoms with van der Waals surface area (Å²) in [5.41, 5.74) is -0.345. The van der Waals surface area contributed by atoms with Gasteiger partial charge in [-0.1, -0.05) is 11.6 Å². The Balaban J connectivity index is 2.19. The SMILES string of the molecule is COC(=O)Cn1ncc(NC2CCN(C)C2=O)c(Cl)c1=O. The van der Waals surface area contributed by atoms with Gasteiger partial charge in [-0.05, 0) is 6.42 Å². The summed E-state index contributed by atoms with van der Waals surface area (Å²) in [4.78, 5) is 36.5. The number of likely N-dealkylation sites (N-methyl/N-ethyl adjacent to an activating group) is 1. The largest absolute Gasteiger partial charge is 0.468 e. The van der Waals surface area contributed by atoms with E-state index in [2.05, 4.69) is 15.2 Å². The predicted molar refractivity (Wildman–Crippen MR) is 75.2 cm³/mol. The number of anilines is 1. The second-order valence-corrected chi connectivity index (χ2v) is 5.03. The molecule has 0 aliphatic carbocycles. The minimum Gasteiger partial charge on any atom is -0.468 e. The van der Waals surface area contributed by atoms with Crippen molar-refractivity contribution in [1.29, 1.82) is 0 Å². The molecule has 0 aromatic carbocycles. The fourth-order valence-electron chi connectivity index (χ4n) is 2.01. The van der Waals surface area contributed by atoms with Crippen molar-refractivity contribution >= 4 is 29.2 Å². The zero-order chi connectivity index (χ0) is 15.6. The Morgan fingerprint density at radius 2 is 2.29 bits per heavy atom. The van der Waals surface area contributed by atoms with Gasteiger partial charge < -0.3 is 15.0 Å². The topological polar surface area (TPSA) is 93.5 Å². The fourth-order valence-corrected chi connectivity index (χ4v) is 2.21. The minimum atomic E-state index is -0.620. The third-order valence-electron chi connectivity index (χ3n) is 3.25. The van der Waals surface area contributed by atoms with Crippen LogP contribution in [0.5, 0.6) is 0 Å². The number of aromatic nitrogens is 2. The van der Waals surface area contributed by atoms with Crippen LogP contribution in [0, 0.1) is 0 Å². The highest BCUT2D eigenvalue weighted by molar-refractivity contribution is 6.33. The molecule has 2 rings (SSSR count). The highest BCUT2D eigenvalue weighted by atomic mass is 35.5. The lowest BCUT2D eigenvalue weighted by molar-refractivity contribution is -0.141. The van der Waals surface area contributed by atoms with Gasteiger partial charge >= 0.3 is 5.97 Å². The van der Waals surface area contributed by atoms with Crippen LogP contribution < -0.4 is 10.9 Å². The van der Waals surface area contributed by atoms with Crippen molar-refractivity contribution in [3.05, 3.63) is 21.6 Å². The third kappa shape index (κ3) is 3.15. The van der Waals surface area contributed by atoms with Crippen LogP contribution in [-0.4, -0.2) is 53.3 Å². The van der Waals surface area contributed by atoms with E-state index in [0.29, 0.717) is 13.0 Å². The summed E-state index contributed by atoms with van der Waals surface area (Å²) in [5, 5.41) is 6.64. The molecule has 114 valence electrons. The van der Waals surface area contributed by atoms with Gasteiger partial charge in [0.15, 0.2) is 0 Å². The molecule has 1 N–H and O–H groups in total. The number of halogens is 1. The molecule has 0 bridgehead atoms. The van der Waals surface area contributed by atoms with Crippen molar-refractivity contribution in [3.63, 3.8) is 0 Å². The molecule has 0 saturated carbocycles. The Kier molecular flexibility index (Phi) is 4.46. The van der Waals surface area contributed by atoms with Gasteiger partial charge in [-0.2, -0.15) is 5.10 Å². The highest BCUT2D eigenvalue weighted by Crippen LogP contribution is 2.20. The third-order valence-corrected chi connectivity index (χ3v) is 3.61. The first kappa shape index (κ1) is 15.3. The van der Waals surface area contributed by atoms with Gasteiger partial charge in [0.1, 0.15) is 17.6 Å². The normalized spacial score (nSPS) is 18.0. The summed E-state index contributed by atoms with van der Waals surface area (Å²) in [6.07, 6.45) is 1.94. The zero-order valence-corrected chi connectivity index (χ0v) is 12.4. The average molecular weight is 315 g/mol. The second kappa shape index (κ2) is 6.13. The maximum Gasteiger partial charge on any atom is 0.327 e. The van der Waals surface area contributed by atoms with Crippen LogP contribution in [0.2, 0.25) is 5.02 Å². The molecule has 1 aliphatic heterocycles. The molecule has 0 spiro atoms. The molecule has 21 heavy (non-hydrogen) atoms. The van der Waals surface area contributed by atoms with Gasteiger partial charge in [-0.3, -0.25) is 14.4 Å². The molecule has 2 heterocycles. The van der Waals surface area contributed by atoms with Crippen LogP contribution in [0.15, 0.2) is 11.0 Å². The summed E-state index contributed by atoms with van der Waals surface area (Å²) in [5.74, 6) is -0.668. The number of nitrogens with zero attached hydrogens (tertiary/aromatic N) is 3. The Morgan fingerprint density at radius 3 is 2.86 bits per heavy atom. The van der Waals surface area contributed by atoms with Gasteiger partial charge in [0.05, 0.1) is 19.0 Å². The number of hydrogen-bond donors (Lipinski definition) is 1. The van der Waals surface area contributed by atoms with E-state index in [4.69, 9.17) is 11.6 Å². The van der Waals surface area contributed by atoms with E-state index in [1.165, 1.54) is 13.3 Å². The van der Waals surface area contributed by atoms with Gasteiger partial charge in [0.25, 0.3) is 5.56 Å². The molecule has 0 radical (unpaired) electrons. The lowest BCUT2D eigenvalue weighted by atomic mass is 10.2. The first-order chi connectivity index (χ1) is 9.93.